The lowest BCUT2D eigenvalue weighted by molar-refractivity contribution is -0.140. The van der Waals surface area contributed by atoms with Gasteiger partial charge in [0, 0.05) is 31.9 Å². The molecule has 4 rings (SSSR count). The molecular formula is C21H23Br2IN2O3. The Kier molecular flexibility index (Phi) is 6.70. The van der Waals surface area contributed by atoms with Crippen molar-refractivity contribution >= 4 is 77.9 Å². The minimum Gasteiger partial charge on any atom is -0.326 e. The van der Waals surface area contributed by atoms with Gasteiger partial charge in [0.1, 0.15) is 0 Å². The number of alkyl halides is 2. The molecule has 1 aromatic rings. The zero-order valence-corrected chi connectivity index (χ0v) is 21.2. The summed E-state index contributed by atoms with van der Waals surface area (Å²) in [7, 11) is 0. The van der Waals surface area contributed by atoms with Crippen LogP contribution in [-0.4, -0.2) is 38.8 Å². The van der Waals surface area contributed by atoms with Gasteiger partial charge in [0.25, 0.3) is 0 Å². The number of hydrogen-bond donors (Lipinski definition) is 1. The Balaban J connectivity index is 1.20. The lowest BCUT2D eigenvalue weighted by atomic mass is 9.81. The SMILES string of the molecule is O=C(CCCCCN1C(=O)[C@@H]2[C@@H]3C[C@@H]([C@@H](Br)[C@@H]3Br)[C@@H]2C1=O)Nc1ccc(I)cc1. The summed E-state index contributed by atoms with van der Waals surface area (Å²) in [6.07, 6.45) is 3.72. The molecule has 3 fully saturated rings. The zero-order chi connectivity index (χ0) is 20.7. The van der Waals surface area contributed by atoms with Crippen molar-refractivity contribution in [1.29, 1.82) is 0 Å². The summed E-state index contributed by atoms with van der Waals surface area (Å²) >= 11 is 9.65. The van der Waals surface area contributed by atoms with Gasteiger partial charge in [-0.05, 0) is 78.0 Å². The quantitative estimate of drug-likeness (QED) is 0.206. The molecule has 0 spiro atoms. The molecule has 1 aromatic carbocycles. The van der Waals surface area contributed by atoms with E-state index in [1.165, 1.54) is 4.90 Å². The van der Waals surface area contributed by atoms with Crippen molar-refractivity contribution in [2.24, 2.45) is 23.7 Å². The molecule has 0 radical (unpaired) electrons. The second-order valence-corrected chi connectivity index (χ2v) is 11.6. The molecule has 5 nitrogen and oxygen atoms in total. The average Bonchev–Trinajstić information content (AvgIpc) is 3.29. The first-order chi connectivity index (χ1) is 13.9. The molecule has 0 aromatic heterocycles. The van der Waals surface area contributed by atoms with Crippen molar-refractivity contribution in [2.75, 3.05) is 11.9 Å². The number of amides is 3. The van der Waals surface area contributed by atoms with Crippen molar-refractivity contribution in [1.82, 2.24) is 4.90 Å². The van der Waals surface area contributed by atoms with Crippen LogP contribution in [0, 0.1) is 27.2 Å². The standard InChI is InChI=1S/C21H23Br2IN2O3/c22-18-13-10-14(19(18)23)17-16(13)20(28)26(21(17)29)9-3-1-2-4-15(27)25-12-7-5-11(24)6-8-12/h5-8,13-14,16-19H,1-4,9-10H2,(H,25,27)/t13-,14+,16+,17-,18-,19-/m1/s1. The zero-order valence-electron chi connectivity index (χ0n) is 15.8. The van der Waals surface area contributed by atoms with Gasteiger partial charge in [-0.3, -0.25) is 19.3 Å². The largest absolute Gasteiger partial charge is 0.326 e. The fourth-order valence-corrected chi connectivity index (χ4v) is 7.35. The normalized spacial score (nSPS) is 32.7. The van der Waals surface area contributed by atoms with Crippen LogP contribution in [0.4, 0.5) is 5.69 Å². The van der Waals surface area contributed by atoms with E-state index in [1.54, 1.807) is 0 Å². The maximum Gasteiger partial charge on any atom is 0.233 e. The summed E-state index contributed by atoms with van der Waals surface area (Å²) in [5.74, 6) is 0.301. The molecule has 6 atom stereocenters. The molecule has 1 saturated heterocycles. The van der Waals surface area contributed by atoms with Crippen molar-refractivity contribution in [2.45, 2.75) is 41.8 Å². The highest BCUT2D eigenvalue weighted by atomic mass is 127. The van der Waals surface area contributed by atoms with Gasteiger partial charge >= 0.3 is 0 Å². The molecule has 1 heterocycles. The number of rotatable bonds is 7. The first-order valence-corrected chi connectivity index (χ1v) is 13.0. The third-order valence-electron chi connectivity index (χ3n) is 6.49. The Morgan fingerprint density at radius 1 is 1.00 bits per heavy atom. The number of unbranched alkanes of at least 4 members (excludes halogenated alkanes) is 2. The van der Waals surface area contributed by atoms with E-state index >= 15 is 0 Å². The van der Waals surface area contributed by atoms with Crippen LogP contribution in [-0.2, 0) is 14.4 Å². The van der Waals surface area contributed by atoms with E-state index < -0.39 is 0 Å². The molecule has 1 aliphatic heterocycles. The van der Waals surface area contributed by atoms with Gasteiger partial charge in [0.05, 0.1) is 11.8 Å². The van der Waals surface area contributed by atoms with Gasteiger partial charge in [0.2, 0.25) is 17.7 Å². The first-order valence-electron chi connectivity index (χ1n) is 10.1. The number of benzene rings is 1. The van der Waals surface area contributed by atoms with Gasteiger partial charge in [-0.1, -0.05) is 38.3 Å². The molecule has 29 heavy (non-hydrogen) atoms. The van der Waals surface area contributed by atoms with Crippen LogP contribution in [0.1, 0.15) is 32.1 Å². The number of nitrogens with one attached hydrogen (secondary N) is 1. The number of anilines is 1. The van der Waals surface area contributed by atoms with E-state index in [2.05, 4.69) is 59.8 Å². The fraction of sp³-hybridized carbons (Fsp3) is 0.571. The van der Waals surface area contributed by atoms with E-state index in [9.17, 15) is 14.4 Å². The van der Waals surface area contributed by atoms with Crippen LogP contribution in [0.25, 0.3) is 0 Å². The Morgan fingerprint density at radius 3 is 2.17 bits per heavy atom. The molecule has 156 valence electrons. The predicted molar refractivity (Wildman–Crippen MR) is 127 cm³/mol. The summed E-state index contributed by atoms with van der Waals surface area (Å²) in [5, 5.41) is 2.90. The number of likely N-dealkylation sites (tertiary alicyclic amines) is 1. The maximum absolute atomic E-state index is 12.8. The van der Waals surface area contributed by atoms with E-state index in [0.29, 0.717) is 13.0 Å². The smallest absolute Gasteiger partial charge is 0.233 e. The van der Waals surface area contributed by atoms with Gasteiger partial charge < -0.3 is 5.32 Å². The number of imide groups is 1. The molecular weight excluding hydrogens is 615 g/mol. The van der Waals surface area contributed by atoms with E-state index in [-0.39, 0.29) is 51.0 Å². The predicted octanol–water partition coefficient (Wildman–Crippen LogP) is 4.57. The Labute approximate surface area is 201 Å². The van der Waals surface area contributed by atoms with Gasteiger partial charge in [0.15, 0.2) is 0 Å². The molecule has 2 saturated carbocycles. The number of hydrogen-bond acceptors (Lipinski definition) is 3. The summed E-state index contributed by atoms with van der Waals surface area (Å²) in [5.41, 5.74) is 0.806. The average molecular weight is 638 g/mol. The monoisotopic (exact) mass is 636 g/mol. The third-order valence-corrected chi connectivity index (χ3v) is 10.4. The summed E-state index contributed by atoms with van der Waals surface area (Å²) in [6, 6.07) is 7.70. The highest BCUT2D eigenvalue weighted by Crippen LogP contribution is 2.60. The van der Waals surface area contributed by atoms with Crippen molar-refractivity contribution in [3.63, 3.8) is 0 Å². The van der Waals surface area contributed by atoms with E-state index in [1.807, 2.05) is 24.3 Å². The second-order valence-electron chi connectivity index (χ2n) is 8.20. The molecule has 8 heteroatoms. The van der Waals surface area contributed by atoms with Crippen LogP contribution in [0.2, 0.25) is 0 Å². The van der Waals surface area contributed by atoms with Crippen LogP contribution in [0.5, 0.6) is 0 Å². The number of carbonyl (C=O) groups excluding carboxylic acids is 3. The van der Waals surface area contributed by atoms with Gasteiger partial charge in [-0.2, -0.15) is 0 Å². The molecule has 2 aliphatic carbocycles. The minimum absolute atomic E-state index is 0.00244. The van der Waals surface area contributed by atoms with Crippen molar-refractivity contribution < 1.29 is 14.4 Å². The lowest BCUT2D eigenvalue weighted by Crippen LogP contribution is -2.37. The highest BCUT2D eigenvalue weighted by molar-refractivity contribution is 14.1. The van der Waals surface area contributed by atoms with Crippen molar-refractivity contribution in [3.8, 4) is 0 Å². The maximum atomic E-state index is 12.8. The second kappa shape index (κ2) is 8.94. The Morgan fingerprint density at radius 2 is 1.59 bits per heavy atom. The van der Waals surface area contributed by atoms with Crippen LogP contribution in [0.15, 0.2) is 24.3 Å². The van der Waals surface area contributed by atoms with Gasteiger partial charge in [-0.25, -0.2) is 0 Å². The topological polar surface area (TPSA) is 66.5 Å². The Bertz CT molecular complexity index is 787. The van der Waals surface area contributed by atoms with Gasteiger partial charge in [-0.15, -0.1) is 0 Å². The molecule has 0 unspecified atom stereocenters. The minimum atomic E-state index is -0.134. The lowest BCUT2D eigenvalue weighted by Gasteiger charge is -2.28. The number of nitrogens with zero attached hydrogens (tertiary/aromatic N) is 1. The molecule has 3 aliphatic rings. The third kappa shape index (κ3) is 4.18. The summed E-state index contributed by atoms with van der Waals surface area (Å²) in [6.45, 7) is 0.475. The Hall–Kier alpha value is -0.480. The fourth-order valence-electron chi connectivity index (χ4n) is 5.12. The molecule has 2 bridgehead atoms. The van der Waals surface area contributed by atoms with E-state index in [4.69, 9.17) is 0 Å². The van der Waals surface area contributed by atoms with Crippen molar-refractivity contribution in [3.05, 3.63) is 27.8 Å². The summed E-state index contributed by atoms with van der Waals surface area (Å²) < 4.78 is 1.13. The number of halogens is 3. The van der Waals surface area contributed by atoms with Crippen LogP contribution >= 0.6 is 54.5 Å². The van der Waals surface area contributed by atoms with Crippen LogP contribution < -0.4 is 5.32 Å². The first kappa shape index (κ1) is 21.7. The van der Waals surface area contributed by atoms with E-state index in [0.717, 1.165) is 34.9 Å². The highest BCUT2D eigenvalue weighted by Gasteiger charge is 2.66. The summed E-state index contributed by atoms with van der Waals surface area (Å²) in [4.78, 5) is 39.8. The molecule has 1 N–H and O–H groups in total. The van der Waals surface area contributed by atoms with Crippen LogP contribution in [0.3, 0.4) is 0 Å². The molecule has 3 amide bonds. The number of fused-ring (bicyclic) bond motifs is 5. The number of carbonyl (C=O) groups is 3.